The van der Waals surface area contributed by atoms with E-state index in [9.17, 15) is 18.0 Å². The van der Waals surface area contributed by atoms with Crippen LogP contribution in [0.5, 0.6) is 5.75 Å². The summed E-state index contributed by atoms with van der Waals surface area (Å²) >= 11 is 0. The number of carbonyl (C=O) groups excluding carboxylic acids is 2. The number of benzene rings is 1. The van der Waals surface area contributed by atoms with Crippen molar-refractivity contribution in [1.29, 1.82) is 0 Å². The molecule has 0 radical (unpaired) electrons. The molecule has 3 aliphatic rings. The molecular weight excluding hydrogens is 368 g/mol. The molecule has 146 valence electrons. The number of rotatable bonds is 6. The highest BCUT2D eigenvalue weighted by Crippen LogP contribution is 2.39. The van der Waals surface area contributed by atoms with Gasteiger partial charge in [0.25, 0.3) is 0 Å². The monoisotopic (exact) mass is 392 g/mol. The van der Waals surface area contributed by atoms with Gasteiger partial charge < -0.3 is 4.74 Å². The Morgan fingerprint density at radius 2 is 1.70 bits per heavy atom. The largest absolute Gasteiger partial charge is 0.495 e. The van der Waals surface area contributed by atoms with Gasteiger partial charge in [0.2, 0.25) is 21.8 Å². The van der Waals surface area contributed by atoms with E-state index >= 15 is 0 Å². The van der Waals surface area contributed by atoms with Gasteiger partial charge >= 0.3 is 0 Å². The lowest BCUT2D eigenvalue weighted by Crippen LogP contribution is -2.31. The first-order valence-electron chi connectivity index (χ1n) is 9.45. The van der Waals surface area contributed by atoms with Crippen molar-refractivity contribution in [3.63, 3.8) is 0 Å². The van der Waals surface area contributed by atoms with Gasteiger partial charge in [-0.3, -0.25) is 14.5 Å². The minimum atomic E-state index is -3.71. The Morgan fingerprint density at radius 1 is 1.07 bits per heavy atom. The zero-order chi connectivity index (χ0) is 19.2. The first-order chi connectivity index (χ1) is 12.9. The Hall–Kier alpha value is -1.93. The molecule has 0 aromatic heterocycles. The van der Waals surface area contributed by atoms with E-state index in [1.807, 2.05) is 0 Å². The molecular formula is C19H24N2O5S. The minimum Gasteiger partial charge on any atom is -0.495 e. The van der Waals surface area contributed by atoms with Gasteiger partial charge in [0.05, 0.1) is 25.5 Å². The van der Waals surface area contributed by atoms with Crippen LogP contribution in [-0.2, 0) is 26.2 Å². The van der Waals surface area contributed by atoms with Gasteiger partial charge in [0, 0.05) is 6.04 Å². The summed E-state index contributed by atoms with van der Waals surface area (Å²) in [6, 6.07) is 4.77. The average Bonchev–Trinajstić information content (AvgIpc) is 3.44. The van der Waals surface area contributed by atoms with Gasteiger partial charge in [-0.25, -0.2) is 13.1 Å². The van der Waals surface area contributed by atoms with Crippen LogP contribution in [0.25, 0.3) is 0 Å². The lowest BCUT2D eigenvalue weighted by molar-refractivity contribution is -0.140. The fraction of sp³-hybridized carbons (Fsp3) is 0.579. The van der Waals surface area contributed by atoms with E-state index < -0.39 is 10.0 Å². The molecule has 2 aliphatic carbocycles. The highest BCUT2D eigenvalue weighted by atomic mass is 32.2. The SMILES string of the molecule is COc1ccc(CN2C(=O)C3CCCCC3C2=O)cc1S(=O)(=O)NC1CC1. The quantitative estimate of drug-likeness (QED) is 0.746. The fourth-order valence-electron chi connectivity index (χ4n) is 4.08. The highest BCUT2D eigenvalue weighted by Gasteiger charge is 2.48. The van der Waals surface area contributed by atoms with E-state index in [1.54, 1.807) is 12.1 Å². The van der Waals surface area contributed by atoms with Crippen LogP contribution in [0, 0.1) is 11.8 Å². The summed E-state index contributed by atoms with van der Waals surface area (Å²) in [5.74, 6) is -0.407. The molecule has 2 saturated carbocycles. The van der Waals surface area contributed by atoms with Crippen LogP contribution in [0.15, 0.2) is 23.1 Å². The van der Waals surface area contributed by atoms with Crippen molar-refractivity contribution in [2.75, 3.05) is 7.11 Å². The first kappa shape index (κ1) is 18.4. The summed E-state index contributed by atoms with van der Waals surface area (Å²) in [5, 5.41) is 0. The topological polar surface area (TPSA) is 92.8 Å². The predicted molar refractivity (Wildman–Crippen MR) is 97.3 cm³/mol. The molecule has 7 nitrogen and oxygen atoms in total. The third-order valence-corrected chi connectivity index (χ3v) is 7.23. The number of ether oxygens (including phenoxy) is 1. The van der Waals surface area contributed by atoms with E-state index in [0.717, 1.165) is 38.5 Å². The smallest absolute Gasteiger partial charge is 0.244 e. The predicted octanol–water partition coefficient (Wildman–Crippen LogP) is 1.81. The number of fused-ring (bicyclic) bond motifs is 1. The number of methoxy groups -OCH3 is 1. The zero-order valence-electron chi connectivity index (χ0n) is 15.3. The van der Waals surface area contributed by atoms with Crippen LogP contribution >= 0.6 is 0 Å². The number of hydrogen-bond acceptors (Lipinski definition) is 5. The van der Waals surface area contributed by atoms with Crippen LogP contribution in [0.3, 0.4) is 0 Å². The molecule has 2 amide bonds. The second-order valence-electron chi connectivity index (χ2n) is 7.64. The maximum absolute atomic E-state index is 12.7. The molecule has 27 heavy (non-hydrogen) atoms. The van der Waals surface area contributed by atoms with Gasteiger partial charge in [-0.2, -0.15) is 0 Å². The number of hydrogen-bond donors (Lipinski definition) is 1. The first-order valence-corrected chi connectivity index (χ1v) is 10.9. The summed E-state index contributed by atoms with van der Waals surface area (Å²) < 4.78 is 33.2. The molecule has 1 heterocycles. The number of amides is 2. The van der Waals surface area contributed by atoms with Crippen molar-refractivity contribution in [2.24, 2.45) is 11.8 Å². The molecule has 1 aliphatic heterocycles. The third-order valence-electron chi connectivity index (χ3n) is 5.69. The number of imide groups is 1. The van der Waals surface area contributed by atoms with E-state index in [4.69, 9.17) is 4.74 Å². The Labute approximate surface area is 159 Å². The van der Waals surface area contributed by atoms with Crippen LogP contribution in [0.4, 0.5) is 0 Å². The highest BCUT2D eigenvalue weighted by molar-refractivity contribution is 7.89. The molecule has 1 saturated heterocycles. The van der Waals surface area contributed by atoms with Crippen molar-refractivity contribution in [1.82, 2.24) is 9.62 Å². The van der Waals surface area contributed by atoms with E-state index in [1.165, 1.54) is 18.1 Å². The molecule has 3 fully saturated rings. The van der Waals surface area contributed by atoms with Gasteiger partial charge in [0.15, 0.2) is 0 Å². The van der Waals surface area contributed by atoms with Gasteiger partial charge in [-0.05, 0) is 43.4 Å². The van der Waals surface area contributed by atoms with Crippen molar-refractivity contribution >= 4 is 21.8 Å². The Bertz CT molecular complexity index is 854. The van der Waals surface area contributed by atoms with Gasteiger partial charge in [-0.1, -0.05) is 18.9 Å². The standard InChI is InChI=1S/C19H24N2O5S/c1-26-16-9-6-12(10-17(16)27(24,25)20-13-7-8-13)11-21-18(22)14-4-2-3-5-15(14)19(21)23/h6,9-10,13-15,20H,2-5,7-8,11H2,1H3. The van der Waals surface area contributed by atoms with Gasteiger partial charge in [0.1, 0.15) is 10.6 Å². The molecule has 4 rings (SSSR count). The summed E-state index contributed by atoms with van der Waals surface area (Å²) in [4.78, 5) is 26.7. The van der Waals surface area contributed by atoms with Crippen LogP contribution in [-0.4, -0.2) is 38.3 Å². The lowest BCUT2D eigenvalue weighted by atomic mass is 9.81. The van der Waals surface area contributed by atoms with Crippen LogP contribution < -0.4 is 9.46 Å². The summed E-state index contributed by atoms with van der Waals surface area (Å²) in [7, 11) is -2.29. The minimum absolute atomic E-state index is 0.0202. The molecule has 1 aromatic carbocycles. The lowest BCUT2D eigenvalue weighted by Gasteiger charge is -2.19. The van der Waals surface area contributed by atoms with Crippen LogP contribution in [0.2, 0.25) is 0 Å². The number of carbonyl (C=O) groups is 2. The molecule has 1 N–H and O–H groups in total. The van der Waals surface area contributed by atoms with E-state index in [-0.39, 0.29) is 46.9 Å². The zero-order valence-corrected chi connectivity index (χ0v) is 16.1. The van der Waals surface area contributed by atoms with Gasteiger partial charge in [-0.15, -0.1) is 0 Å². The summed E-state index contributed by atoms with van der Waals surface area (Å²) in [5.41, 5.74) is 0.604. The van der Waals surface area contributed by atoms with Crippen molar-refractivity contribution in [2.45, 2.75) is 56.0 Å². The number of sulfonamides is 1. The van der Waals surface area contributed by atoms with Crippen LogP contribution in [0.1, 0.15) is 44.1 Å². The van der Waals surface area contributed by atoms with Crippen molar-refractivity contribution in [3.05, 3.63) is 23.8 Å². The molecule has 1 aromatic rings. The maximum Gasteiger partial charge on any atom is 0.244 e. The molecule has 2 atom stereocenters. The Kier molecular flexibility index (Phi) is 4.71. The number of nitrogens with zero attached hydrogens (tertiary/aromatic N) is 1. The molecule has 0 bridgehead atoms. The van der Waals surface area contributed by atoms with Crippen molar-refractivity contribution < 1.29 is 22.7 Å². The van der Waals surface area contributed by atoms with E-state index in [0.29, 0.717) is 5.56 Å². The Balaban J connectivity index is 1.60. The number of likely N-dealkylation sites (tertiary alicyclic amines) is 1. The summed E-state index contributed by atoms with van der Waals surface area (Å²) in [6.45, 7) is 0.0978. The average molecular weight is 392 g/mol. The third kappa shape index (κ3) is 3.48. The van der Waals surface area contributed by atoms with Crippen molar-refractivity contribution in [3.8, 4) is 5.75 Å². The second kappa shape index (κ2) is 6.91. The summed E-state index contributed by atoms with van der Waals surface area (Å²) in [6.07, 6.45) is 5.15. The Morgan fingerprint density at radius 3 is 2.26 bits per heavy atom. The molecule has 0 spiro atoms. The molecule has 2 unspecified atom stereocenters. The normalized spacial score (nSPS) is 25.6. The second-order valence-corrected chi connectivity index (χ2v) is 9.32. The molecule has 8 heteroatoms. The number of nitrogens with one attached hydrogen (secondary N) is 1. The van der Waals surface area contributed by atoms with E-state index in [2.05, 4.69) is 4.72 Å². The fourth-order valence-corrected chi connectivity index (χ4v) is 5.61. The maximum atomic E-state index is 12.7.